The molecule has 5 heteroatoms. The molecule has 2 N–H and O–H groups in total. The lowest BCUT2D eigenvalue weighted by Crippen LogP contribution is -1.88. The molecule has 86 valence electrons. The van der Waals surface area contributed by atoms with E-state index < -0.39 is 0 Å². The Morgan fingerprint density at radius 3 is 2.50 bits per heavy atom. The smallest absolute Gasteiger partial charge is 0.278 e. The maximum atomic E-state index is 5.33. The van der Waals surface area contributed by atoms with Crippen LogP contribution >= 0.6 is 0 Å². The van der Waals surface area contributed by atoms with Crippen LogP contribution in [-0.2, 0) is 6.42 Å². The third-order valence-corrected chi connectivity index (χ3v) is 1.89. The summed E-state index contributed by atoms with van der Waals surface area (Å²) in [5.74, 6) is 0.478. The number of aromatic nitrogens is 3. The highest BCUT2D eigenvalue weighted by atomic mass is 16.5. The van der Waals surface area contributed by atoms with Crippen molar-refractivity contribution < 1.29 is 4.52 Å². The van der Waals surface area contributed by atoms with Crippen molar-refractivity contribution in [2.75, 3.05) is 5.73 Å². The summed E-state index contributed by atoms with van der Waals surface area (Å²) in [4.78, 5) is 8.06. The lowest BCUT2D eigenvalue weighted by Gasteiger charge is -1.95. The van der Waals surface area contributed by atoms with Crippen molar-refractivity contribution in [3.8, 4) is 11.6 Å². The molecule has 2 aromatic heterocycles. The Morgan fingerprint density at radius 2 is 2.06 bits per heavy atom. The van der Waals surface area contributed by atoms with Crippen LogP contribution in [0.15, 0.2) is 22.9 Å². The molecule has 0 unspecified atom stereocenters. The van der Waals surface area contributed by atoms with Gasteiger partial charge in [-0.1, -0.05) is 26.8 Å². The molecule has 0 spiro atoms. The number of hydrogen-bond acceptors (Lipinski definition) is 5. The van der Waals surface area contributed by atoms with Crippen LogP contribution in [0.25, 0.3) is 11.6 Å². The molecule has 0 aromatic carbocycles. The third-order valence-electron chi connectivity index (χ3n) is 1.89. The van der Waals surface area contributed by atoms with E-state index in [-0.39, 0.29) is 5.95 Å². The number of hydrogen-bond donors (Lipinski definition) is 1. The van der Waals surface area contributed by atoms with Crippen LogP contribution in [-0.4, -0.2) is 15.1 Å². The molecule has 2 aromatic rings. The molecule has 0 saturated heterocycles. The van der Waals surface area contributed by atoms with Gasteiger partial charge in [0, 0.05) is 6.20 Å². The van der Waals surface area contributed by atoms with Gasteiger partial charge in [-0.25, -0.2) is 0 Å². The highest BCUT2D eigenvalue weighted by molar-refractivity contribution is 5.47. The molecule has 2 rings (SSSR count). The van der Waals surface area contributed by atoms with E-state index in [2.05, 4.69) is 22.0 Å². The molecule has 0 atom stereocenters. The Bertz CT molecular complexity index is 422. The molecule has 0 aliphatic carbocycles. The number of nitrogens with two attached hydrogens (primary N) is 1. The minimum Gasteiger partial charge on any atom is -0.365 e. The van der Waals surface area contributed by atoms with E-state index in [0.717, 1.165) is 6.42 Å². The van der Waals surface area contributed by atoms with E-state index in [1.54, 1.807) is 6.20 Å². The first-order chi connectivity index (χ1) is 7.79. The fourth-order valence-corrected chi connectivity index (χ4v) is 1.10. The quantitative estimate of drug-likeness (QED) is 0.840. The Kier molecular flexibility index (Phi) is 4.44. The van der Waals surface area contributed by atoms with E-state index >= 15 is 0 Å². The highest BCUT2D eigenvalue weighted by Crippen LogP contribution is 2.15. The largest absolute Gasteiger partial charge is 0.365 e. The average Bonchev–Trinajstić information content (AvgIpc) is 2.79. The predicted molar refractivity (Wildman–Crippen MR) is 62.7 cm³/mol. The zero-order valence-corrected chi connectivity index (χ0v) is 9.77. The molecular formula is C11H16N4O. The third kappa shape index (κ3) is 2.79. The topological polar surface area (TPSA) is 77.8 Å². The second-order valence-electron chi connectivity index (χ2n) is 2.86. The second kappa shape index (κ2) is 5.85. The summed E-state index contributed by atoms with van der Waals surface area (Å²) in [6, 6.07) is 3.81. The van der Waals surface area contributed by atoms with Crippen molar-refractivity contribution in [1.82, 2.24) is 15.1 Å². The minimum atomic E-state index is 0.126. The number of pyridine rings is 1. The van der Waals surface area contributed by atoms with Crippen LogP contribution in [0.4, 0.5) is 5.95 Å². The van der Waals surface area contributed by atoms with Crippen molar-refractivity contribution >= 4 is 5.95 Å². The predicted octanol–water partition coefficient (Wildman–Crippen LogP) is 2.30. The van der Waals surface area contributed by atoms with Gasteiger partial charge in [-0.05, 0) is 23.2 Å². The summed E-state index contributed by atoms with van der Waals surface area (Å²) in [5.41, 5.74) is 7.14. The monoisotopic (exact) mass is 220 g/mol. The molecule has 0 aliphatic heterocycles. The minimum absolute atomic E-state index is 0.126. The first-order valence-electron chi connectivity index (χ1n) is 5.34. The van der Waals surface area contributed by atoms with E-state index in [0.29, 0.717) is 11.6 Å². The van der Waals surface area contributed by atoms with Crippen LogP contribution < -0.4 is 5.73 Å². The van der Waals surface area contributed by atoms with Gasteiger partial charge in [0.15, 0.2) is 0 Å². The molecule has 0 fully saturated rings. The second-order valence-corrected chi connectivity index (χ2v) is 2.86. The van der Waals surface area contributed by atoms with Gasteiger partial charge >= 0.3 is 0 Å². The Balaban J connectivity index is 0.000000606. The Labute approximate surface area is 94.7 Å². The van der Waals surface area contributed by atoms with Gasteiger partial charge in [0.05, 0.1) is 0 Å². The average molecular weight is 220 g/mol. The van der Waals surface area contributed by atoms with Gasteiger partial charge in [-0.3, -0.25) is 4.98 Å². The summed E-state index contributed by atoms with van der Waals surface area (Å²) in [7, 11) is 0. The van der Waals surface area contributed by atoms with Gasteiger partial charge in [-0.2, -0.15) is 4.98 Å². The summed E-state index contributed by atoms with van der Waals surface area (Å²) in [5, 5.41) is 3.49. The molecule has 0 aliphatic rings. The maximum absolute atomic E-state index is 5.33. The summed E-state index contributed by atoms with van der Waals surface area (Å²) in [6.45, 7) is 6.07. The normalized spacial score (nSPS) is 9.44. The van der Waals surface area contributed by atoms with Crippen LogP contribution in [0.3, 0.4) is 0 Å². The van der Waals surface area contributed by atoms with Gasteiger partial charge in [0.1, 0.15) is 5.69 Å². The molecule has 2 heterocycles. The van der Waals surface area contributed by atoms with Crippen LogP contribution in [0.1, 0.15) is 26.3 Å². The van der Waals surface area contributed by atoms with Crippen molar-refractivity contribution in [3.05, 3.63) is 23.9 Å². The van der Waals surface area contributed by atoms with Crippen LogP contribution in [0, 0.1) is 0 Å². The SMILES string of the molecule is CC.CCc1ccc(-c2nc(N)no2)nc1. The van der Waals surface area contributed by atoms with E-state index in [4.69, 9.17) is 10.3 Å². The molecule has 5 nitrogen and oxygen atoms in total. The number of rotatable bonds is 2. The molecule has 0 bridgehead atoms. The maximum Gasteiger partial charge on any atom is 0.278 e. The van der Waals surface area contributed by atoms with Crippen LogP contribution in [0.5, 0.6) is 0 Å². The van der Waals surface area contributed by atoms with Crippen molar-refractivity contribution in [2.45, 2.75) is 27.2 Å². The zero-order chi connectivity index (χ0) is 12.0. The fourth-order valence-electron chi connectivity index (χ4n) is 1.10. The van der Waals surface area contributed by atoms with E-state index in [9.17, 15) is 0 Å². The fraction of sp³-hybridized carbons (Fsp3) is 0.364. The van der Waals surface area contributed by atoms with E-state index in [1.165, 1.54) is 5.56 Å². The lowest BCUT2D eigenvalue weighted by molar-refractivity contribution is 0.431. The number of aryl methyl sites for hydroxylation is 1. The van der Waals surface area contributed by atoms with Crippen molar-refractivity contribution in [3.63, 3.8) is 0 Å². The Morgan fingerprint density at radius 1 is 1.31 bits per heavy atom. The standard InChI is InChI=1S/C9H10N4O.C2H6/c1-2-6-3-4-7(11-5-6)8-12-9(10)13-14-8;1-2/h3-5H,2H2,1H3,(H2,10,13);1-2H3. The first kappa shape index (κ1) is 12.2. The number of nitrogen functional groups attached to an aromatic ring is 1. The summed E-state index contributed by atoms with van der Waals surface area (Å²) >= 11 is 0. The van der Waals surface area contributed by atoms with E-state index in [1.807, 2.05) is 26.0 Å². The summed E-state index contributed by atoms with van der Waals surface area (Å²) < 4.78 is 4.88. The molecule has 0 amide bonds. The summed E-state index contributed by atoms with van der Waals surface area (Å²) in [6.07, 6.45) is 2.75. The van der Waals surface area contributed by atoms with Gasteiger partial charge in [-0.15, -0.1) is 0 Å². The van der Waals surface area contributed by atoms with Crippen molar-refractivity contribution in [2.24, 2.45) is 0 Å². The molecule has 0 saturated carbocycles. The first-order valence-corrected chi connectivity index (χ1v) is 5.34. The van der Waals surface area contributed by atoms with Gasteiger partial charge < -0.3 is 10.3 Å². The van der Waals surface area contributed by atoms with Crippen LogP contribution in [0.2, 0.25) is 0 Å². The lowest BCUT2D eigenvalue weighted by atomic mass is 10.2. The molecule has 0 radical (unpaired) electrons. The van der Waals surface area contributed by atoms with Gasteiger partial charge in [0.25, 0.3) is 11.8 Å². The zero-order valence-electron chi connectivity index (χ0n) is 9.77. The number of anilines is 1. The van der Waals surface area contributed by atoms with Gasteiger partial charge in [0.2, 0.25) is 0 Å². The molecular weight excluding hydrogens is 204 g/mol. The molecule has 16 heavy (non-hydrogen) atoms. The number of nitrogens with zero attached hydrogens (tertiary/aromatic N) is 3. The highest BCUT2D eigenvalue weighted by Gasteiger charge is 2.06. The Hall–Kier alpha value is -1.91. The van der Waals surface area contributed by atoms with Crippen molar-refractivity contribution in [1.29, 1.82) is 0 Å².